The van der Waals surface area contributed by atoms with E-state index in [2.05, 4.69) is 17.4 Å². The second kappa shape index (κ2) is 5.87. The van der Waals surface area contributed by atoms with E-state index in [9.17, 15) is 4.79 Å². The number of ether oxygens (including phenoxy) is 2. The van der Waals surface area contributed by atoms with E-state index in [1.165, 1.54) is 18.2 Å². The summed E-state index contributed by atoms with van der Waals surface area (Å²) in [6.07, 6.45) is 1.80. The van der Waals surface area contributed by atoms with Gasteiger partial charge in [0.1, 0.15) is 12.4 Å². The summed E-state index contributed by atoms with van der Waals surface area (Å²) in [6.45, 7) is 2.89. The third-order valence-electron chi connectivity index (χ3n) is 2.98. The summed E-state index contributed by atoms with van der Waals surface area (Å²) >= 11 is 0. The summed E-state index contributed by atoms with van der Waals surface area (Å²) in [6, 6.07) is 6.35. The molecule has 1 aromatic rings. The molecule has 4 nitrogen and oxygen atoms in total. The van der Waals surface area contributed by atoms with Crippen LogP contribution in [0.25, 0.3) is 0 Å². The zero-order valence-corrected chi connectivity index (χ0v) is 10.9. The molecule has 1 unspecified atom stereocenters. The van der Waals surface area contributed by atoms with Gasteiger partial charge in [-0.05, 0) is 30.5 Å². The topological polar surface area (TPSA) is 47.6 Å². The third-order valence-corrected chi connectivity index (χ3v) is 2.98. The lowest BCUT2D eigenvalue weighted by Gasteiger charge is -2.14. The molecule has 0 spiro atoms. The first-order valence-electron chi connectivity index (χ1n) is 6.22. The molecule has 98 valence electrons. The van der Waals surface area contributed by atoms with Crippen molar-refractivity contribution in [1.82, 2.24) is 5.32 Å². The number of methoxy groups -OCH3 is 1. The van der Waals surface area contributed by atoms with Crippen LogP contribution in [0.4, 0.5) is 0 Å². The maximum Gasteiger partial charge on any atom is 0.246 e. The van der Waals surface area contributed by atoms with E-state index in [0.717, 1.165) is 25.2 Å². The molecule has 0 saturated heterocycles. The molecule has 2 rings (SSSR count). The van der Waals surface area contributed by atoms with Crippen LogP contribution in [0.3, 0.4) is 0 Å². The van der Waals surface area contributed by atoms with E-state index in [0.29, 0.717) is 0 Å². The Kier molecular flexibility index (Phi) is 4.20. The lowest BCUT2D eigenvalue weighted by Crippen LogP contribution is -2.36. The Morgan fingerprint density at radius 2 is 2.39 bits per heavy atom. The second-order valence-corrected chi connectivity index (χ2v) is 4.65. The maximum absolute atomic E-state index is 11.4. The first kappa shape index (κ1) is 12.9. The molecule has 4 heteroatoms. The monoisotopic (exact) mass is 249 g/mol. The van der Waals surface area contributed by atoms with Crippen molar-refractivity contribution in [2.45, 2.75) is 25.8 Å². The average Bonchev–Trinajstić information content (AvgIpc) is 2.76. The number of fused-ring (bicyclic) bond motifs is 1. The van der Waals surface area contributed by atoms with Crippen LogP contribution in [0, 0.1) is 0 Å². The highest BCUT2D eigenvalue weighted by Crippen LogP contribution is 2.26. The van der Waals surface area contributed by atoms with Crippen molar-refractivity contribution in [3.63, 3.8) is 0 Å². The molecule has 0 fully saturated rings. The van der Waals surface area contributed by atoms with Crippen LogP contribution in [-0.4, -0.2) is 32.3 Å². The highest BCUT2D eigenvalue weighted by Gasteiger charge is 2.13. The molecule has 1 N–H and O–H groups in total. The van der Waals surface area contributed by atoms with E-state index in [4.69, 9.17) is 9.47 Å². The number of rotatable bonds is 5. The van der Waals surface area contributed by atoms with Crippen LogP contribution in [-0.2, 0) is 22.4 Å². The van der Waals surface area contributed by atoms with Gasteiger partial charge in [-0.2, -0.15) is 0 Å². The summed E-state index contributed by atoms with van der Waals surface area (Å²) in [7, 11) is 1.52. The minimum Gasteiger partial charge on any atom is -0.493 e. The molecular formula is C14H19NO3. The van der Waals surface area contributed by atoms with Crippen LogP contribution in [0.1, 0.15) is 18.1 Å². The number of hydrogen-bond donors (Lipinski definition) is 1. The van der Waals surface area contributed by atoms with Crippen molar-refractivity contribution in [3.8, 4) is 5.75 Å². The normalized spacial score (nSPS) is 14.8. The fraction of sp³-hybridized carbons (Fsp3) is 0.500. The van der Waals surface area contributed by atoms with Gasteiger partial charge in [-0.3, -0.25) is 4.79 Å². The predicted molar refractivity (Wildman–Crippen MR) is 68.8 cm³/mol. The smallest absolute Gasteiger partial charge is 0.246 e. The maximum atomic E-state index is 11.4. The Bertz CT molecular complexity index is 431. The Morgan fingerprint density at radius 1 is 1.56 bits per heavy atom. The van der Waals surface area contributed by atoms with Crippen LogP contribution >= 0.6 is 0 Å². The highest BCUT2D eigenvalue weighted by molar-refractivity contribution is 5.77. The molecule has 1 heterocycles. The molecule has 1 aliphatic heterocycles. The Morgan fingerprint density at radius 3 is 3.17 bits per heavy atom. The molecule has 18 heavy (non-hydrogen) atoms. The summed E-state index contributed by atoms with van der Waals surface area (Å²) in [5.74, 6) is 0.921. The SMILES string of the molecule is COCC(=O)NC(C)Cc1ccc2c(c1)CCO2. The van der Waals surface area contributed by atoms with Gasteiger partial charge in [-0.25, -0.2) is 0 Å². The van der Waals surface area contributed by atoms with Gasteiger partial charge in [0.05, 0.1) is 6.61 Å². The molecule has 0 aromatic heterocycles. The summed E-state index contributed by atoms with van der Waals surface area (Å²) < 4.78 is 10.3. The quantitative estimate of drug-likeness (QED) is 0.856. The Hall–Kier alpha value is -1.55. The van der Waals surface area contributed by atoms with E-state index >= 15 is 0 Å². The third kappa shape index (κ3) is 3.23. The van der Waals surface area contributed by atoms with Crippen molar-refractivity contribution in [3.05, 3.63) is 29.3 Å². The molecule has 0 radical (unpaired) electrons. The number of carbonyl (C=O) groups excluding carboxylic acids is 1. The molecular weight excluding hydrogens is 230 g/mol. The number of amides is 1. The van der Waals surface area contributed by atoms with Gasteiger partial charge in [0.2, 0.25) is 5.91 Å². The number of benzene rings is 1. The van der Waals surface area contributed by atoms with Gasteiger partial charge in [0, 0.05) is 19.6 Å². The second-order valence-electron chi connectivity index (χ2n) is 4.65. The molecule has 0 bridgehead atoms. The van der Waals surface area contributed by atoms with Gasteiger partial charge in [0.25, 0.3) is 0 Å². The minimum atomic E-state index is -0.0745. The predicted octanol–water partition coefficient (Wildman–Crippen LogP) is 1.32. The standard InChI is InChI=1S/C14H19NO3/c1-10(15-14(16)9-17-2)7-11-3-4-13-12(8-11)5-6-18-13/h3-4,8,10H,5-7,9H2,1-2H3,(H,15,16). The first-order valence-corrected chi connectivity index (χ1v) is 6.22. The summed E-state index contributed by atoms with van der Waals surface area (Å²) in [5, 5.41) is 2.90. The number of carbonyl (C=O) groups is 1. The zero-order valence-electron chi connectivity index (χ0n) is 10.9. The molecule has 1 atom stereocenters. The number of nitrogens with one attached hydrogen (secondary N) is 1. The van der Waals surface area contributed by atoms with Crippen molar-refractivity contribution in [2.24, 2.45) is 0 Å². The molecule has 1 amide bonds. The van der Waals surface area contributed by atoms with Gasteiger partial charge in [-0.15, -0.1) is 0 Å². The summed E-state index contributed by atoms with van der Waals surface area (Å²) in [4.78, 5) is 11.4. The Labute approximate surface area is 107 Å². The molecule has 1 aromatic carbocycles. The lowest BCUT2D eigenvalue weighted by molar-refractivity contribution is -0.125. The molecule has 0 aliphatic carbocycles. The van der Waals surface area contributed by atoms with Crippen molar-refractivity contribution in [2.75, 3.05) is 20.3 Å². The fourth-order valence-corrected chi connectivity index (χ4v) is 2.22. The van der Waals surface area contributed by atoms with Crippen molar-refractivity contribution in [1.29, 1.82) is 0 Å². The van der Waals surface area contributed by atoms with Gasteiger partial charge in [-0.1, -0.05) is 12.1 Å². The van der Waals surface area contributed by atoms with Crippen molar-refractivity contribution < 1.29 is 14.3 Å². The summed E-state index contributed by atoms with van der Waals surface area (Å²) in [5.41, 5.74) is 2.49. The Balaban J connectivity index is 1.91. The van der Waals surface area contributed by atoms with E-state index < -0.39 is 0 Å². The molecule has 1 aliphatic rings. The first-order chi connectivity index (χ1) is 8.69. The zero-order chi connectivity index (χ0) is 13.0. The number of hydrogen-bond acceptors (Lipinski definition) is 3. The van der Waals surface area contributed by atoms with Gasteiger partial charge >= 0.3 is 0 Å². The fourth-order valence-electron chi connectivity index (χ4n) is 2.22. The van der Waals surface area contributed by atoms with Crippen LogP contribution in [0.5, 0.6) is 5.75 Å². The molecule has 0 saturated carbocycles. The average molecular weight is 249 g/mol. The van der Waals surface area contributed by atoms with Crippen LogP contribution in [0.15, 0.2) is 18.2 Å². The van der Waals surface area contributed by atoms with E-state index in [1.807, 2.05) is 13.0 Å². The largest absolute Gasteiger partial charge is 0.493 e. The highest BCUT2D eigenvalue weighted by atomic mass is 16.5. The van der Waals surface area contributed by atoms with Gasteiger partial charge < -0.3 is 14.8 Å². The minimum absolute atomic E-state index is 0.0745. The van der Waals surface area contributed by atoms with Gasteiger partial charge in [0.15, 0.2) is 0 Å². The van der Waals surface area contributed by atoms with Crippen LogP contribution in [0.2, 0.25) is 0 Å². The van der Waals surface area contributed by atoms with Crippen molar-refractivity contribution >= 4 is 5.91 Å². The van der Waals surface area contributed by atoms with E-state index in [1.54, 1.807) is 0 Å². The van der Waals surface area contributed by atoms with Crippen LogP contribution < -0.4 is 10.1 Å². The lowest BCUT2D eigenvalue weighted by atomic mass is 10.0. The van der Waals surface area contributed by atoms with E-state index in [-0.39, 0.29) is 18.6 Å².